The van der Waals surface area contributed by atoms with Gasteiger partial charge in [0.25, 0.3) is 0 Å². The molecule has 228 valence electrons. The molecule has 0 radical (unpaired) electrons. The molecule has 0 aromatic carbocycles. The van der Waals surface area contributed by atoms with Crippen LogP contribution in [-0.2, 0) is 44.2 Å². The zero-order valence-corrected chi connectivity index (χ0v) is 25.5. The summed E-state index contributed by atoms with van der Waals surface area (Å²) in [6.45, 7) is 6.50. The molecule has 0 spiro atoms. The van der Waals surface area contributed by atoms with E-state index in [0.29, 0.717) is 37.7 Å². The van der Waals surface area contributed by atoms with Gasteiger partial charge in [0.2, 0.25) is 0 Å². The van der Waals surface area contributed by atoms with Crippen molar-refractivity contribution >= 4 is 33.7 Å². The molecule has 0 heterocycles. The Morgan fingerprint density at radius 2 is 0.946 bits per heavy atom. The number of rotatable bonds is 24. The van der Waals surface area contributed by atoms with Crippen molar-refractivity contribution in [3.63, 3.8) is 0 Å². The Labute approximate surface area is 229 Å². The molecule has 0 bridgehead atoms. The van der Waals surface area contributed by atoms with Crippen LogP contribution in [0.15, 0.2) is 0 Å². The van der Waals surface area contributed by atoms with E-state index in [4.69, 9.17) is 34.6 Å². The van der Waals surface area contributed by atoms with Gasteiger partial charge < -0.3 is 20.1 Å². The van der Waals surface area contributed by atoms with Gasteiger partial charge in [-0.05, 0) is 25.9 Å². The molecule has 0 aliphatic carbocycles. The lowest BCUT2D eigenvalue weighted by Gasteiger charge is -2.33. The Kier molecular flexibility index (Phi) is 19.9. The lowest BCUT2D eigenvalue weighted by molar-refractivity contribution is -0.152. The molecular weight excluding hydrogens is 528 g/mol. The van der Waals surface area contributed by atoms with Crippen LogP contribution < -0.4 is 10.6 Å². The molecule has 0 aliphatic rings. The second kappa shape index (κ2) is 20.3. The molecular formula is C23H54N2O10S2. The second-order valence-corrected chi connectivity index (χ2v) is 13.8. The third kappa shape index (κ3) is 16.1. The third-order valence-electron chi connectivity index (χ3n) is 5.28. The van der Waals surface area contributed by atoms with Crippen LogP contribution >= 0.6 is 21.7 Å². The predicted octanol–water partition coefficient (Wildman–Crippen LogP) is 3.31. The first-order chi connectivity index (χ1) is 17.6. The highest BCUT2D eigenvalue weighted by atomic mass is 32.3. The lowest BCUT2D eigenvalue weighted by atomic mass is 9.96. The number of hydrogen-bond acceptors (Lipinski definition) is 12. The summed E-state index contributed by atoms with van der Waals surface area (Å²) in [6.07, 6.45) is 2.07. The van der Waals surface area contributed by atoms with Crippen LogP contribution in [0.3, 0.4) is 0 Å². The molecule has 0 aromatic rings. The molecule has 0 saturated heterocycles. The van der Waals surface area contributed by atoms with Gasteiger partial charge in [0, 0.05) is 32.9 Å². The molecule has 2 N–H and O–H groups in total. The Morgan fingerprint density at radius 1 is 0.622 bits per heavy atom. The number of nitrogens with one attached hydrogen (secondary N) is 2. The van der Waals surface area contributed by atoms with E-state index in [-0.39, 0.29) is 40.8 Å². The number of hydrogen-bond donors (Lipinski definition) is 2. The van der Waals surface area contributed by atoms with Gasteiger partial charge in [0.05, 0.1) is 90.5 Å². The maximum atomic E-state index is 12.1. The second-order valence-electron chi connectivity index (χ2n) is 8.72. The SMILES string of the molecule is COS(CCCNCCC(=O)OCC(C)(C)COC(=O)CCNCCCS(OC)(OC)OC)(OC)OC.[HH].[HH]. The Bertz CT molecular complexity index is 565. The summed E-state index contributed by atoms with van der Waals surface area (Å²) in [4.78, 5) is 24.1. The zero-order chi connectivity index (χ0) is 28.2. The Balaban J connectivity index is -0.00000648. The van der Waals surface area contributed by atoms with Crippen molar-refractivity contribution in [3.05, 3.63) is 0 Å². The molecule has 37 heavy (non-hydrogen) atoms. The van der Waals surface area contributed by atoms with E-state index in [1.165, 1.54) is 0 Å². The van der Waals surface area contributed by atoms with Crippen molar-refractivity contribution in [2.45, 2.75) is 39.5 Å². The smallest absolute Gasteiger partial charge is 0.307 e. The monoisotopic (exact) mass is 582 g/mol. The maximum absolute atomic E-state index is 12.1. The Morgan fingerprint density at radius 3 is 1.24 bits per heavy atom. The van der Waals surface area contributed by atoms with E-state index in [0.717, 1.165) is 12.8 Å². The summed E-state index contributed by atoms with van der Waals surface area (Å²) >= 11 is 0. The Hall–Kier alpha value is -0.680. The largest absolute Gasteiger partial charge is 0.465 e. The van der Waals surface area contributed by atoms with Gasteiger partial charge in [-0.2, -0.15) is 0 Å². The molecule has 12 nitrogen and oxygen atoms in total. The van der Waals surface area contributed by atoms with Gasteiger partial charge in [-0.15, -0.1) is 0 Å². The molecule has 0 unspecified atom stereocenters. The average molecular weight is 583 g/mol. The molecule has 0 atom stereocenters. The molecule has 14 heteroatoms. The van der Waals surface area contributed by atoms with E-state index in [9.17, 15) is 9.59 Å². The van der Waals surface area contributed by atoms with Gasteiger partial charge in [-0.1, -0.05) is 13.8 Å². The minimum Gasteiger partial charge on any atom is -0.465 e. The summed E-state index contributed by atoms with van der Waals surface area (Å²) in [5.41, 5.74) is -0.481. The summed E-state index contributed by atoms with van der Waals surface area (Å²) < 4.78 is 42.7. The normalized spacial score (nSPS) is 13.4. The van der Waals surface area contributed by atoms with Crippen molar-refractivity contribution in [1.82, 2.24) is 10.6 Å². The highest BCUT2D eigenvalue weighted by molar-refractivity contribution is 8.22. The van der Waals surface area contributed by atoms with Crippen molar-refractivity contribution in [1.29, 1.82) is 0 Å². The number of carbonyl (C=O) groups excluding carboxylic acids is 2. The van der Waals surface area contributed by atoms with Crippen LogP contribution in [0.5, 0.6) is 0 Å². The minimum absolute atomic E-state index is 0. The summed E-state index contributed by atoms with van der Waals surface area (Å²) in [5.74, 6) is 0.663. The van der Waals surface area contributed by atoms with Gasteiger partial charge in [-0.3, -0.25) is 34.7 Å². The van der Waals surface area contributed by atoms with E-state index in [1.807, 2.05) is 13.8 Å². The van der Waals surface area contributed by atoms with Crippen LogP contribution in [0, 0.1) is 5.41 Å². The van der Waals surface area contributed by atoms with Crippen molar-refractivity contribution in [3.8, 4) is 0 Å². The molecule has 0 aliphatic heterocycles. The van der Waals surface area contributed by atoms with Gasteiger partial charge in [0.1, 0.15) is 0 Å². The number of ether oxygens (including phenoxy) is 2. The molecule has 0 aromatic heterocycles. The van der Waals surface area contributed by atoms with Crippen molar-refractivity contribution in [2.75, 3.05) is 93.6 Å². The van der Waals surface area contributed by atoms with Gasteiger partial charge in [-0.25, -0.2) is 0 Å². The van der Waals surface area contributed by atoms with Gasteiger partial charge >= 0.3 is 11.9 Å². The van der Waals surface area contributed by atoms with E-state index >= 15 is 0 Å². The minimum atomic E-state index is -1.95. The van der Waals surface area contributed by atoms with Gasteiger partial charge in [0.15, 0.2) is 0 Å². The first kappa shape index (κ1) is 36.3. The van der Waals surface area contributed by atoms with Crippen LogP contribution in [0.2, 0.25) is 0 Å². The zero-order valence-electron chi connectivity index (χ0n) is 23.9. The lowest BCUT2D eigenvalue weighted by Crippen LogP contribution is -2.30. The van der Waals surface area contributed by atoms with Crippen molar-refractivity contribution in [2.24, 2.45) is 5.41 Å². The van der Waals surface area contributed by atoms with E-state index < -0.39 is 27.2 Å². The predicted molar refractivity (Wildman–Crippen MR) is 151 cm³/mol. The number of carbonyl (C=O) groups is 2. The first-order valence-corrected chi connectivity index (χ1v) is 15.4. The van der Waals surface area contributed by atoms with Crippen LogP contribution in [0.25, 0.3) is 0 Å². The van der Waals surface area contributed by atoms with E-state index in [2.05, 4.69) is 10.6 Å². The molecule has 0 fully saturated rings. The fourth-order valence-electron chi connectivity index (χ4n) is 3.02. The average Bonchev–Trinajstić information content (AvgIpc) is 2.91. The third-order valence-corrected chi connectivity index (χ3v) is 9.90. The first-order valence-electron chi connectivity index (χ1n) is 12.2. The number of esters is 2. The molecule has 0 rings (SSSR count). The van der Waals surface area contributed by atoms with Crippen LogP contribution in [0.4, 0.5) is 0 Å². The van der Waals surface area contributed by atoms with Crippen LogP contribution in [-0.4, -0.2) is 105 Å². The fourth-order valence-corrected chi connectivity index (χ4v) is 5.84. The highest BCUT2D eigenvalue weighted by Crippen LogP contribution is 2.50. The summed E-state index contributed by atoms with van der Waals surface area (Å²) in [6, 6.07) is 0. The van der Waals surface area contributed by atoms with Crippen molar-refractivity contribution < 1.29 is 47.0 Å². The standard InChI is InChI=1S/C23H50N2O10S2.2H2/c1-23(2,19-34-21(26)11-15-24-13-9-17-36(28-3,29-4)30-5)20-35-22(27)12-16-25-14-10-18-37(31-6,32-7)33-8;;/h24-25H,9-20H2,1-8H3;2*1H. The fraction of sp³-hybridized carbons (Fsp3) is 0.913. The van der Waals surface area contributed by atoms with E-state index in [1.54, 1.807) is 42.7 Å². The highest BCUT2D eigenvalue weighted by Gasteiger charge is 2.24. The molecule has 0 amide bonds. The summed E-state index contributed by atoms with van der Waals surface area (Å²) in [7, 11) is 5.48. The maximum Gasteiger partial charge on any atom is 0.307 e. The van der Waals surface area contributed by atoms with Crippen LogP contribution in [0.1, 0.15) is 42.4 Å². The summed E-state index contributed by atoms with van der Waals surface area (Å²) in [5, 5.41) is 6.40. The molecule has 0 saturated carbocycles. The quantitative estimate of drug-likeness (QED) is 0.128. The topological polar surface area (TPSA) is 132 Å².